The van der Waals surface area contributed by atoms with Gasteiger partial charge in [-0.3, -0.25) is 9.69 Å². The second kappa shape index (κ2) is 5.93. The predicted octanol–water partition coefficient (Wildman–Crippen LogP) is 1.06. The lowest BCUT2D eigenvalue weighted by molar-refractivity contribution is -0.126. The summed E-state index contributed by atoms with van der Waals surface area (Å²) < 4.78 is 0. The Hall–Kier alpha value is -1.75. The van der Waals surface area contributed by atoms with E-state index in [1.165, 1.54) is 0 Å². The number of hydrogen-bond acceptors (Lipinski definition) is 4. The average molecular weight is 288 g/mol. The minimum Gasteiger partial charge on any atom is -0.397 e. The van der Waals surface area contributed by atoms with Gasteiger partial charge >= 0.3 is 0 Å². The van der Waals surface area contributed by atoms with Gasteiger partial charge in [-0.05, 0) is 31.9 Å². The number of nitrogens with zero attached hydrogens (tertiary/aromatic N) is 2. The highest BCUT2D eigenvalue weighted by atomic mass is 16.2. The van der Waals surface area contributed by atoms with Gasteiger partial charge in [0.05, 0.1) is 17.4 Å². The maximum absolute atomic E-state index is 12.1. The minimum absolute atomic E-state index is 0.0409. The van der Waals surface area contributed by atoms with Gasteiger partial charge in [0.15, 0.2) is 0 Å². The van der Waals surface area contributed by atoms with Crippen molar-refractivity contribution in [2.45, 2.75) is 31.8 Å². The summed E-state index contributed by atoms with van der Waals surface area (Å²) in [5.41, 5.74) is 7.96. The van der Waals surface area contributed by atoms with Gasteiger partial charge in [-0.1, -0.05) is 12.1 Å². The first-order chi connectivity index (χ1) is 10.1. The molecule has 5 nitrogen and oxygen atoms in total. The van der Waals surface area contributed by atoms with E-state index in [4.69, 9.17) is 5.73 Å². The van der Waals surface area contributed by atoms with Crippen LogP contribution < -0.4 is 16.0 Å². The number of amides is 1. The van der Waals surface area contributed by atoms with Crippen LogP contribution in [0.3, 0.4) is 0 Å². The summed E-state index contributed by atoms with van der Waals surface area (Å²) in [4.78, 5) is 16.7. The Morgan fingerprint density at radius 3 is 2.52 bits per heavy atom. The minimum atomic E-state index is -0.0409. The van der Waals surface area contributed by atoms with Gasteiger partial charge in [0.1, 0.15) is 0 Å². The van der Waals surface area contributed by atoms with E-state index < -0.39 is 0 Å². The van der Waals surface area contributed by atoms with E-state index in [0.717, 1.165) is 50.4 Å². The van der Waals surface area contributed by atoms with Crippen molar-refractivity contribution < 1.29 is 4.79 Å². The lowest BCUT2D eigenvalue weighted by atomic mass is 10.2. The molecular weight excluding hydrogens is 264 g/mol. The van der Waals surface area contributed by atoms with Crippen LogP contribution in [-0.2, 0) is 4.79 Å². The second-order valence-electron chi connectivity index (χ2n) is 6.04. The molecule has 114 valence electrons. The predicted molar refractivity (Wildman–Crippen MR) is 85.3 cm³/mol. The first-order valence-corrected chi connectivity index (χ1v) is 7.79. The molecule has 3 N–H and O–H groups in total. The third-order valence-corrected chi connectivity index (χ3v) is 4.44. The smallest absolute Gasteiger partial charge is 0.237 e. The van der Waals surface area contributed by atoms with E-state index in [1.807, 2.05) is 25.1 Å². The third kappa shape index (κ3) is 3.29. The number of benzene rings is 1. The Morgan fingerprint density at radius 1 is 1.24 bits per heavy atom. The van der Waals surface area contributed by atoms with E-state index in [0.29, 0.717) is 6.04 Å². The zero-order chi connectivity index (χ0) is 14.8. The Balaban J connectivity index is 1.54. The van der Waals surface area contributed by atoms with Crippen LogP contribution in [0.25, 0.3) is 0 Å². The molecule has 1 heterocycles. The van der Waals surface area contributed by atoms with Crippen LogP contribution in [0.1, 0.15) is 19.8 Å². The van der Waals surface area contributed by atoms with Crippen molar-refractivity contribution in [2.75, 3.05) is 36.8 Å². The first-order valence-electron chi connectivity index (χ1n) is 7.79. The number of nitrogen functional groups attached to an aromatic ring is 1. The quantitative estimate of drug-likeness (QED) is 0.813. The van der Waals surface area contributed by atoms with E-state index in [1.54, 1.807) is 0 Å². The van der Waals surface area contributed by atoms with E-state index >= 15 is 0 Å². The Kier molecular flexibility index (Phi) is 4.01. The first kappa shape index (κ1) is 14.2. The normalized spacial score (nSPS) is 21.1. The molecule has 5 heteroatoms. The molecular formula is C16H24N4O. The van der Waals surface area contributed by atoms with Gasteiger partial charge in [-0.25, -0.2) is 0 Å². The van der Waals surface area contributed by atoms with Crippen molar-refractivity contribution in [1.82, 2.24) is 10.2 Å². The molecule has 2 aliphatic rings. The Morgan fingerprint density at radius 2 is 1.90 bits per heavy atom. The molecule has 1 atom stereocenters. The lowest BCUT2D eigenvalue weighted by Crippen LogP contribution is -2.54. The molecule has 21 heavy (non-hydrogen) atoms. The van der Waals surface area contributed by atoms with E-state index in [-0.39, 0.29) is 11.9 Å². The summed E-state index contributed by atoms with van der Waals surface area (Å²) in [5, 5.41) is 3.09. The summed E-state index contributed by atoms with van der Waals surface area (Å²) in [6.45, 7) is 5.62. The van der Waals surface area contributed by atoms with Crippen LogP contribution in [0.5, 0.6) is 0 Å². The molecule has 0 bridgehead atoms. The van der Waals surface area contributed by atoms with E-state index in [2.05, 4.69) is 21.2 Å². The van der Waals surface area contributed by atoms with Gasteiger partial charge < -0.3 is 16.0 Å². The molecule has 0 spiro atoms. The van der Waals surface area contributed by atoms with Crippen molar-refractivity contribution in [3.8, 4) is 0 Å². The molecule has 1 unspecified atom stereocenters. The van der Waals surface area contributed by atoms with Gasteiger partial charge in [-0.15, -0.1) is 0 Å². The van der Waals surface area contributed by atoms with Crippen molar-refractivity contribution in [3.63, 3.8) is 0 Å². The second-order valence-corrected chi connectivity index (χ2v) is 6.04. The van der Waals surface area contributed by atoms with Crippen LogP contribution in [0, 0.1) is 0 Å². The summed E-state index contributed by atoms with van der Waals surface area (Å²) in [6, 6.07) is 8.37. The number of nitrogens with two attached hydrogens (primary N) is 1. The third-order valence-electron chi connectivity index (χ3n) is 4.44. The maximum atomic E-state index is 12.1. The highest BCUT2D eigenvalue weighted by Gasteiger charge is 2.30. The van der Waals surface area contributed by atoms with Crippen LogP contribution in [0.15, 0.2) is 24.3 Å². The summed E-state index contributed by atoms with van der Waals surface area (Å²) in [7, 11) is 0. The Bertz CT molecular complexity index is 507. The fraction of sp³-hybridized carbons (Fsp3) is 0.562. The largest absolute Gasteiger partial charge is 0.397 e. The molecule has 1 aromatic rings. The Labute approximate surface area is 126 Å². The van der Waals surface area contributed by atoms with Crippen LogP contribution in [-0.4, -0.2) is 49.1 Å². The van der Waals surface area contributed by atoms with Crippen molar-refractivity contribution in [1.29, 1.82) is 0 Å². The molecule has 0 aromatic heterocycles. The summed E-state index contributed by atoms with van der Waals surface area (Å²) in [6.07, 6.45) is 2.28. The van der Waals surface area contributed by atoms with Gasteiger partial charge in [-0.2, -0.15) is 0 Å². The summed E-state index contributed by atoms with van der Waals surface area (Å²) in [5.74, 6) is 0.171. The monoisotopic (exact) mass is 288 g/mol. The number of hydrogen-bond donors (Lipinski definition) is 2. The number of piperazine rings is 1. The van der Waals surface area contributed by atoms with Gasteiger partial charge in [0.25, 0.3) is 0 Å². The molecule has 3 rings (SSSR count). The van der Waals surface area contributed by atoms with Crippen molar-refractivity contribution >= 4 is 17.3 Å². The zero-order valence-corrected chi connectivity index (χ0v) is 12.6. The zero-order valence-electron chi connectivity index (χ0n) is 12.6. The molecule has 1 aliphatic heterocycles. The number of carbonyl (C=O) groups is 1. The molecule has 1 saturated carbocycles. The molecule has 2 fully saturated rings. The van der Waals surface area contributed by atoms with Crippen LogP contribution >= 0.6 is 0 Å². The maximum Gasteiger partial charge on any atom is 0.237 e. The lowest BCUT2D eigenvalue weighted by Gasteiger charge is -2.38. The highest BCUT2D eigenvalue weighted by molar-refractivity contribution is 5.82. The summed E-state index contributed by atoms with van der Waals surface area (Å²) >= 11 is 0. The van der Waals surface area contributed by atoms with Gasteiger partial charge in [0, 0.05) is 32.2 Å². The molecule has 1 aromatic carbocycles. The van der Waals surface area contributed by atoms with E-state index in [9.17, 15) is 4.79 Å². The molecule has 1 saturated heterocycles. The SMILES string of the molecule is CC(C(=O)NC1CC1)N1CCN(c2ccccc2N)CC1. The number of carbonyl (C=O) groups excluding carboxylic acids is 1. The number of nitrogens with one attached hydrogen (secondary N) is 1. The van der Waals surface area contributed by atoms with Crippen molar-refractivity contribution in [3.05, 3.63) is 24.3 Å². The molecule has 1 aliphatic carbocycles. The fourth-order valence-electron chi connectivity index (χ4n) is 2.84. The molecule has 0 radical (unpaired) electrons. The fourth-order valence-corrected chi connectivity index (χ4v) is 2.84. The number of para-hydroxylation sites is 2. The average Bonchev–Trinajstić information content (AvgIpc) is 3.31. The van der Waals surface area contributed by atoms with Crippen molar-refractivity contribution in [2.24, 2.45) is 0 Å². The number of rotatable bonds is 4. The topological polar surface area (TPSA) is 61.6 Å². The van der Waals surface area contributed by atoms with Gasteiger partial charge in [0.2, 0.25) is 5.91 Å². The molecule has 1 amide bonds. The van der Waals surface area contributed by atoms with Crippen LogP contribution in [0.4, 0.5) is 11.4 Å². The standard InChI is InChI=1S/C16H24N4O/c1-12(16(21)18-13-6-7-13)19-8-10-20(11-9-19)15-5-3-2-4-14(15)17/h2-5,12-13H,6-11,17H2,1H3,(H,18,21). The highest BCUT2D eigenvalue weighted by Crippen LogP contribution is 2.24. The van der Waals surface area contributed by atoms with Crippen LogP contribution in [0.2, 0.25) is 0 Å². The number of anilines is 2.